The lowest BCUT2D eigenvalue weighted by atomic mass is 9.98. The molecule has 0 bridgehead atoms. The highest BCUT2D eigenvalue weighted by Gasteiger charge is 2.62. The average Bonchev–Trinajstić information content (AvgIpc) is 2.57. The van der Waals surface area contributed by atoms with Gasteiger partial charge in [-0.15, -0.1) is 0 Å². The highest BCUT2D eigenvalue weighted by Crippen LogP contribution is 2.68. The minimum absolute atomic E-state index is 0.0138. The summed E-state index contributed by atoms with van der Waals surface area (Å²) in [7, 11) is -4.63. The quantitative estimate of drug-likeness (QED) is 0.688. The summed E-state index contributed by atoms with van der Waals surface area (Å²) in [6, 6.07) is 0. The summed E-state index contributed by atoms with van der Waals surface area (Å²) in [4.78, 5) is 11.5. The normalized spacial score (nSPS) is 24.9. The Morgan fingerprint density at radius 2 is 1.65 bits per heavy atom. The first kappa shape index (κ1) is 17.7. The van der Waals surface area contributed by atoms with Crippen LogP contribution in [-0.4, -0.2) is 23.7 Å². The Labute approximate surface area is 118 Å². The Hall–Kier alpha value is -0.320. The third-order valence-corrected chi connectivity index (χ3v) is 5.78. The number of hydrogen-bond acceptors (Lipinski definition) is 4. The van der Waals surface area contributed by atoms with Crippen LogP contribution in [0.3, 0.4) is 0 Å². The van der Waals surface area contributed by atoms with Crippen molar-refractivity contribution in [2.75, 3.05) is 0 Å². The standard InChI is InChI=1S/C13H23F2O4P/c1-8(2)18-20(17,19-9(3)4)13(14,15)11-6-7-12(16)10(11)5/h8-11H,6-7H2,1-5H3/t10-,11-/m1/s1. The molecule has 1 fully saturated rings. The SMILES string of the molecule is CC(C)OP(=O)(OC(C)C)C(F)(F)[C@@H]1CCC(=O)[C@@H]1C. The second-order valence-corrected chi connectivity index (χ2v) is 7.81. The molecule has 0 N–H and O–H groups in total. The zero-order valence-corrected chi connectivity index (χ0v) is 13.5. The van der Waals surface area contributed by atoms with Gasteiger partial charge in [0.25, 0.3) is 0 Å². The molecule has 0 spiro atoms. The van der Waals surface area contributed by atoms with Crippen LogP contribution in [0.2, 0.25) is 0 Å². The van der Waals surface area contributed by atoms with E-state index in [1.165, 1.54) is 34.6 Å². The molecule has 2 atom stereocenters. The van der Waals surface area contributed by atoms with Crippen molar-refractivity contribution in [3.63, 3.8) is 0 Å². The summed E-state index contributed by atoms with van der Waals surface area (Å²) in [6.45, 7) is 7.54. The molecule has 1 aliphatic rings. The van der Waals surface area contributed by atoms with Crippen LogP contribution in [0.15, 0.2) is 0 Å². The van der Waals surface area contributed by atoms with E-state index in [0.29, 0.717) is 0 Å². The Morgan fingerprint density at radius 1 is 1.20 bits per heavy atom. The fourth-order valence-electron chi connectivity index (χ4n) is 2.40. The van der Waals surface area contributed by atoms with Crippen molar-refractivity contribution >= 4 is 13.4 Å². The first-order valence-electron chi connectivity index (χ1n) is 6.88. The van der Waals surface area contributed by atoms with E-state index < -0.39 is 37.3 Å². The van der Waals surface area contributed by atoms with Crippen LogP contribution in [0.1, 0.15) is 47.5 Å². The maximum absolute atomic E-state index is 14.7. The average molecular weight is 312 g/mol. The first-order chi connectivity index (χ1) is 9.01. The largest absolute Gasteiger partial charge is 0.400 e. The molecule has 0 amide bonds. The van der Waals surface area contributed by atoms with Gasteiger partial charge in [0.05, 0.1) is 12.2 Å². The van der Waals surface area contributed by atoms with Crippen LogP contribution in [0.25, 0.3) is 0 Å². The minimum atomic E-state index is -4.63. The molecule has 0 heterocycles. The van der Waals surface area contributed by atoms with Gasteiger partial charge < -0.3 is 9.05 Å². The van der Waals surface area contributed by atoms with Crippen LogP contribution in [-0.2, 0) is 18.4 Å². The highest BCUT2D eigenvalue weighted by atomic mass is 31.2. The second-order valence-electron chi connectivity index (χ2n) is 5.79. The zero-order valence-electron chi connectivity index (χ0n) is 12.6. The van der Waals surface area contributed by atoms with Gasteiger partial charge in [-0.1, -0.05) is 6.92 Å². The second kappa shape index (κ2) is 6.20. The van der Waals surface area contributed by atoms with Crippen LogP contribution >= 0.6 is 7.60 Å². The van der Waals surface area contributed by atoms with Crippen molar-refractivity contribution in [1.29, 1.82) is 0 Å². The number of rotatable bonds is 6. The van der Waals surface area contributed by atoms with Crippen molar-refractivity contribution in [3.05, 3.63) is 0 Å². The molecule has 0 aromatic carbocycles. The maximum Gasteiger partial charge on any atom is 0.400 e. The summed E-state index contributed by atoms with van der Waals surface area (Å²) in [6.07, 6.45) is -1.21. The Bertz CT molecular complexity index is 395. The fraction of sp³-hybridized carbons (Fsp3) is 0.923. The van der Waals surface area contributed by atoms with Gasteiger partial charge in [-0.05, 0) is 34.1 Å². The fourth-order valence-corrected chi connectivity index (χ4v) is 4.60. The number of carbonyl (C=O) groups excluding carboxylic acids is 1. The third-order valence-electron chi connectivity index (χ3n) is 3.32. The predicted molar refractivity (Wildman–Crippen MR) is 71.9 cm³/mol. The van der Waals surface area contributed by atoms with Crippen molar-refractivity contribution in [1.82, 2.24) is 0 Å². The topological polar surface area (TPSA) is 52.6 Å². The van der Waals surface area contributed by atoms with E-state index in [-0.39, 0.29) is 18.6 Å². The molecule has 4 nitrogen and oxygen atoms in total. The number of alkyl halides is 2. The van der Waals surface area contributed by atoms with Crippen LogP contribution in [0, 0.1) is 11.8 Å². The summed E-state index contributed by atoms with van der Waals surface area (Å²) in [5.74, 6) is -2.35. The van der Waals surface area contributed by atoms with Gasteiger partial charge in [-0.2, -0.15) is 8.78 Å². The molecule has 0 aromatic rings. The van der Waals surface area contributed by atoms with Gasteiger partial charge in [0.2, 0.25) is 0 Å². The van der Waals surface area contributed by atoms with Gasteiger partial charge in [0, 0.05) is 18.3 Å². The van der Waals surface area contributed by atoms with Crippen LogP contribution in [0.5, 0.6) is 0 Å². The number of hydrogen-bond donors (Lipinski definition) is 0. The molecule has 20 heavy (non-hydrogen) atoms. The molecule has 1 rings (SSSR count). The molecule has 0 aromatic heterocycles. The van der Waals surface area contributed by atoms with E-state index in [0.717, 1.165) is 0 Å². The summed E-state index contributed by atoms with van der Waals surface area (Å²) in [5, 5.41) is 0. The molecular weight excluding hydrogens is 289 g/mol. The molecule has 0 unspecified atom stereocenters. The third kappa shape index (κ3) is 3.46. The molecule has 1 saturated carbocycles. The van der Waals surface area contributed by atoms with Crippen LogP contribution in [0.4, 0.5) is 8.78 Å². The summed E-state index contributed by atoms with van der Waals surface area (Å²) < 4.78 is 51.9. The number of Topliss-reactive ketones (excluding diaryl/α,β-unsaturated/α-hetero) is 1. The Balaban J connectivity index is 3.10. The van der Waals surface area contributed by atoms with Gasteiger partial charge >= 0.3 is 13.3 Å². The first-order valence-corrected chi connectivity index (χ1v) is 8.43. The molecule has 1 aliphatic carbocycles. The van der Waals surface area contributed by atoms with Gasteiger partial charge in [-0.3, -0.25) is 9.36 Å². The molecule has 118 valence electrons. The van der Waals surface area contributed by atoms with Crippen molar-refractivity contribution in [2.24, 2.45) is 11.8 Å². The van der Waals surface area contributed by atoms with Crippen LogP contribution < -0.4 is 0 Å². The summed E-state index contributed by atoms with van der Waals surface area (Å²) in [5.41, 5.74) is -3.66. The zero-order chi connectivity index (χ0) is 15.7. The van der Waals surface area contributed by atoms with E-state index >= 15 is 0 Å². The number of halogens is 2. The molecule has 0 saturated heterocycles. The van der Waals surface area contributed by atoms with Gasteiger partial charge in [-0.25, -0.2) is 0 Å². The summed E-state index contributed by atoms with van der Waals surface area (Å²) >= 11 is 0. The van der Waals surface area contributed by atoms with Crippen molar-refractivity contribution < 1.29 is 27.2 Å². The lowest BCUT2D eigenvalue weighted by Gasteiger charge is -2.33. The van der Waals surface area contributed by atoms with E-state index in [1.807, 2.05) is 0 Å². The van der Waals surface area contributed by atoms with Crippen molar-refractivity contribution in [2.45, 2.75) is 65.3 Å². The lowest BCUT2D eigenvalue weighted by molar-refractivity contribution is -0.122. The van der Waals surface area contributed by atoms with Crippen molar-refractivity contribution in [3.8, 4) is 0 Å². The lowest BCUT2D eigenvalue weighted by Crippen LogP contribution is -2.34. The predicted octanol–water partition coefficient (Wildman–Crippen LogP) is 4.24. The smallest absolute Gasteiger partial charge is 0.302 e. The molecular formula is C13H23F2O4P. The molecule has 0 aliphatic heterocycles. The number of ketones is 1. The maximum atomic E-state index is 14.7. The molecule has 0 radical (unpaired) electrons. The monoisotopic (exact) mass is 312 g/mol. The van der Waals surface area contributed by atoms with E-state index in [9.17, 15) is 18.1 Å². The van der Waals surface area contributed by atoms with E-state index in [1.54, 1.807) is 0 Å². The molecule has 7 heteroatoms. The number of carbonyl (C=O) groups is 1. The van der Waals surface area contributed by atoms with Gasteiger partial charge in [0.1, 0.15) is 5.78 Å². The van der Waals surface area contributed by atoms with E-state index in [4.69, 9.17) is 9.05 Å². The Kier molecular flexibility index (Phi) is 5.50. The minimum Gasteiger partial charge on any atom is -0.302 e. The van der Waals surface area contributed by atoms with E-state index in [2.05, 4.69) is 0 Å². The van der Waals surface area contributed by atoms with Gasteiger partial charge in [0.15, 0.2) is 0 Å². The highest BCUT2D eigenvalue weighted by molar-refractivity contribution is 7.55. The Morgan fingerprint density at radius 3 is 1.95 bits per heavy atom.